The molecule has 1 aromatic carbocycles. The van der Waals surface area contributed by atoms with E-state index >= 15 is 0 Å². The monoisotopic (exact) mass is 259 g/mol. The fraction of sp³-hybridized carbons (Fsp3) is 0.231. The Kier molecular flexibility index (Phi) is 3.70. The Labute approximate surface area is 111 Å². The average Bonchev–Trinajstić information content (AvgIpc) is 2.77. The maximum atomic E-state index is 11.2. The predicted octanol–water partition coefficient (Wildman–Crippen LogP) is 0.756. The summed E-state index contributed by atoms with van der Waals surface area (Å²) < 4.78 is 1.97. The quantitative estimate of drug-likeness (QED) is 0.690. The van der Waals surface area contributed by atoms with Crippen LogP contribution in [0, 0.1) is 0 Å². The predicted molar refractivity (Wildman–Crippen MR) is 74.8 cm³/mol. The van der Waals surface area contributed by atoms with Gasteiger partial charge in [0.05, 0.1) is 5.56 Å². The van der Waals surface area contributed by atoms with Crippen LogP contribution in [0.15, 0.2) is 30.6 Å². The number of nitrogen functional groups attached to an aromatic ring is 1. The molecule has 0 unspecified atom stereocenters. The molecule has 0 aliphatic rings. The van der Waals surface area contributed by atoms with Crippen LogP contribution in [0.2, 0.25) is 0 Å². The van der Waals surface area contributed by atoms with Gasteiger partial charge in [0.2, 0.25) is 0 Å². The lowest BCUT2D eigenvalue weighted by Crippen LogP contribution is -2.14. The van der Waals surface area contributed by atoms with Crippen LogP contribution in [0.4, 0.5) is 11.4 Å². The van der Waals surface area contributed by atoms with Crippen molar-refractivity contribution < 1.29 is 4.79 Å². The van der Waals surface area contributed by atoms with Gasteiger partial charge in [0.1, 0.15) is 5.82 Å². The minimum atomic E-state index is -0.523. The second kappa shape index (κ2) is 5.43. The number of aryl methyl sites for hydroxylation is 1. The van der Waals surface area contributed by atoms with Crippen molar-refractivity contribution in [2.45, 2.75) is 6.42 Å². The number of nitrogens with zero attached hydrogens (tertiary/aromatic N) is 2. The van der Waals surface area contributed by atoms with Gasteiger partial charge in [0.25, 0.3) is 5.91 Å². The number of nitrogens with one attached hydrogen (secondary N) is 1. The number of nitrogens with two attached hydrogens (primary N) is 2. The van der Waals surface area contributed by atoms with Crippen molar-refractivity contribution in [1.29, 1.82) is 0 Å². The molecule has 0 atom stereocenters. The van der Waals surface area contributed by atoms with Crippen LogP contribution in [0.1, 0.15) is 16.2 Å². The van der Waals surface area contributed by atoms with E-state index in [0.29, 0.717) is 17.8 Å². The van der Waals surface area contributed by atoms with E-state index < -0.39 is 5.91 Å². The highest BCUT2D eigenvalue weighted by atomic mass is 16.1. The number of rotatable bonds is 5. The van der Waals surface area contributed by atoms with Crippen LogP contribution in [-0.4, -0.2) is 22.0 Å². The molecule has 0 radical (unpaired) electrons. The van der Waals surface area contributed by atoms with Crippen molar-refractivity contribution in [3.8, 4) is 0 Å². The summed E-state index contributed by atoms with van der Waals surface area (Å²) in [6.07, 6.45) is 4.47. The average molecular weight is 259 g/mol. The van der Waals surface area contributed by atoms with Crippen molar-refractivity contribution in [1.82, 2.24) is 9.55 Å². The molecule has 0 aliphatic heterocycles. The molecule has 6 heteroatoms. The lowest BCUT2D eigenvalue weighted by atomic mass is 10.1. The van der Waals surface area contributed by atoms with Crippen LogP contribution in [0.25, 0.3) is 0 Å². The van der Waals surface area contributed by atoms with Crippen molar-refractivity contribution in [2.75, 3.05) is 17.6 Å². The van der Waals surface area contributed by atoms with E-state index in [2.05, 4.69) is 10.3 Å². The second-order valence-corrected chi connectivity index (χ2v) is 4.30. The highest BCUT2D eigenvalue weighted by Gasteiger charge is 2.06. The molecule has 5 N–H and O–H groups in total. The van der Waals surface area contributed by atoms with Gasteiger partial charge >= 0.3 is 0 Å². The van der Waals surface area contributed by atoms with Gasteiger partial charge < -0.3 is 21.4 Å². The van der Waals surface area contributed by atoms with Gasteiger partial charge in [-0.2, -0.15) is 0 Å². The van der Waals surface area contributed by atoms with Crippen LogP contribution in [0.3, 0.4) is 0 Å². The third-order valence-electron chi connectivity index (χ3n) is 2.92. The zero-order chi connectivity index (χ0) is 13.8. The Morgan fingerprint density at radius 3 is 2.89 bits per heavy atom. The molecule has 1 heterocycles. The van der Waals surface area contributed by atoms with E-state index in [9.17, 15) is 4.79 Å². The normalized spacial score (nSPS) is 10.4. The topological polar surface area (TPSA) is 99.0 Å². The SMILES string of the molecule is Cn1ccnc1CCNc1ccc(N)c(C(N)=O)c1. The molecule has 0 spiro atoms. The third-order valence-corrected chi connectivity index (χ3v) is 2.92. The molecule has 1 amide bonds. The smallest absolute Gasteiger partial charge is 0.250 e. The summed E-state index contributed by atoms with van der Waals surface area (Å²) in [5.74, 6) is 0.475. The van der Waals surface area contributed by atoms with Crippen molar-refractivity contribution in [2.24, 2.45) is 12.8 Å². The Morgan fingerprint density at radius 2 is 2.26 bits per heavy atom. The lowest BCUT2D eigenvalue weighted by Gasteiger charge is -2.09. The molecule has 0 aliphatic carbocycles. The van der Waals surface area contributed by atoms with E-state index in [1.165, 1.54) is 0 Å². The fourth-order valence-corrected chi connectivity index (χ4v) is 1.84. The zero-order valence-corrected chi connectivity index (χ0v) is 10.8. The minimum absolute atomic E-state index is 0.335. The molecule has 0 saturated heterocycles. The molecule has 0 saturated carbocycles. The zero-order valence-electron chi connectivity index (χ0n) is 10.8. The number of aromatic nitrogens is 2. The first-order valence-electron chi connectivity index (χ1n) is 5.97. The summed E-state index contributed by atoms with van der Waals surface area (Å²) in [5, 5.41) is 3.22. The molecule has 19 heavy (non-hydrogen) atoms. The fourth-order valence-electron chi connectivity index (χ4n) is 1.84. The highest BCUT2D eigenvalue weighted by Crippen LogP contribution is 2.17. The molecule has 6 nitrogen and oxygen atoms in total. The summed E-state index contributed by atoms with van der Waals surface area (Å²) in [5.41, 5.74) is 12.5. The second-order valence-electron chi connectivity index (χ2n) is 4.30. The first kappa shape index (κ1) is 12.9. The number of hydrogen-bond donors (Lipinski definition) is 3. The summed E-state index contributed by atoms with van der Waals surface area (Å²) in [7, 11) is 1.96. The minimum Gasteiger partial charge on any atom is -0.398 e. The number of benzene rings is 1. The van der Waals surface area contributed by atoms with E-state index in [-0.39, 0.29) is 0 Å². The molecule has 0 bridgehead atoms. The van der Waals surface area contributed by atoms with E-state index in [4.69, 9.17) is 11.5 Å². The molecule has 0 fully saturated rings. The number of anilines is 2. The molecule has 100 valence electrons. The highest BCUT2D eigenvalue weighted by molar-refractivity contribution is 5.98. The number of amides is 1. The first-order valence-corrected chi connectivity index (χ1v) is 5.97. The van der Waals surface area contributed by atoms with Gasteiger partial charge in [0.15, 0.2) is 0 Å². The van der Waals surface area contributed by atoms with Crippen LogP contribution in [0.5, 0.6) is 0 Å². The molecule has 2 rings (SSSR count). The maximum absolute atomic E-state index is 11.2. The number of primary amides is 1. The van der Waals surface area contributed by atoms with Crippen LogP contribution >= 0.6 is 0 Å². The number of carbonyl (C=O) groups excluding carboxylic acids is 1. The van der Waals surface area contributed by atoms with Crippen molar-refractivity contribution in [3.63, 3.8) is 0 Å². The summed E-state index contributed by atoms with van der Waals surface area (Å²) in [4.78, 5) is 15.4. The number of hydrogen-bond acceptors (Lipinski definition) is 4. The van der Waals surface area contributed by atoms with Crippen LogP contribution in [-0.2, 0) is 13.5 Å². The molecular weight excluding hydrogens is 242 g/mol. The first-order chi connectivity index (χ1) is 9.08. The summed E-state index contributed by atoms with van der Waals surface area (Å²) >= 11 is 0. The Balaban J connectivity index is 1.98. The van der Waals surface area contributed by atoms with Gasteiger partial charge in [-0.05, 0) is 18.2 Å². The molecule has 1 aromatic heterocycles. The molecular formula is C13H17N5O. The van der Waals surface area contributed by atoms with Gasteiger partial charge in [0, 0.05) is 43.8 Å². The van der Waals surface area contributed by atoms with E-state index in [0.717, 1.165) is 17.9 Å². The van der Waals surface area contributed by atoms with E-state index in [1.54, 1.807) is 18.3 Å². The summed E-state index contributed by atoms with van der Waals surface area (Å²) in [6, 6.07) is 5.15. The van der Waals surface area contributed by atoms with Crippen LogP contribution < -0.4 is 16.8 Å². The number of carbonyl (C=O) groups is 1. The molecule has 2 aromatic rings. The van der Waals surface area contributed by atoms with Gasteiger partial charge in [-0.1, -0.05) is 0 Å². The number of imidazole rings is 1. The van der Waals surface area contributed by atoms with Gasteiger partial charge in [-0.25, -0.2) is 4.98 Å². The third kappa shape index (κ3) is 3.04. The van der Waals surface area contributed by atoms with E-state index in [1.807, 2.05) is 23.9 Å². The van der Waals surface area contributed by atoms with Gasteiger partial charge in [-0.3, -0.25) is 4.79 Å². The lowest BCUT2D eigenvalue weighted by molar-refractivity contribution is 0.100. The maximum Gasteiger partial charge on any atom is 0.250 e. The van der Waals surface area contributed by atoms with Crippen molar-refractivity contribution in [3.05, 3.63) is 42.0 Å². The van der Waals surface area contributed by atoms with Gasteiger partial charge in [-0.15, -0.1) is 0 Å². The standard InChI is InChI=1S/C13H17N5O/c1-18-7-6-17-12(18)4-5-16-9-2-3-11(14)10(8-9)13(15)19/h2-3,6-8,16H,4-5,14H2,1H3,(H2,15,19). The Bertz CT molecular complexity index is 590. The van der Waals surface area contributed by atoms with Crippen molar-refractivity contribution >= 4 is 17.3 Å². The largest absolute Gasteiger partial charge is 0.398 e. The summed E-state index contributed by atoms with van der Waals surface area (Å²) in [6.45, 7) is 0.715. The Morgan fingerprint density at radius 1 is 1.47 bits per heavy atom. The Hall–Kier alpha value is -2.50.